The van der Waals surface area contributed by atoms with Crippen molar-refractivity contribution in [3.05, 3.63) is 29.0 Å². The summed E-state index contributed by atoms with van der Waals surface area (Å²) < 4.78 is 12.6. The molecule has 0 fully saturated rings. The fourth-order valence-electron chi connectivity index (χ4n) is 0.743. The van der Waals surface area contributed by atoms with Gasteiger partial charge in [-0.15, -0.1) is 11.8 Å². The van der Waals surface area contributed by atoms with E-state index < -0.39 is 0 Å². The SMILES string of the molecule is CCSc1cc(F)ccc1Cl. The van der Waals surface area contributed by atoms with Crippen molar-refractivity contribution in [2.45, 2.75) is 11.8 Å². The molecule has 0 saturated carbocycles. The summed E-state index contributed by atoms with van der Waals surface area (Å²) in [4.78, 5) is 0.814. The van der Waals surface area contributed by atoms with E-state index in [0.29, 0.717) is 5.02 Å². The molecule has 0 spiro atoms. The second-order valence-electron chi connectivity index (χ2n) is 2.01. The van der Waals surface area contributed by atoms with Gasteiger partial charge in [0.15, 0.2) is 0 Å². The average molecular weight is 191 g/mol. The fourth-order valence-corrected chi connectivity index (χ4v) is 1.74. The molecule has 0 aliphatic rings. The number of hydrogen-bond acceptors (Lipinski definition) is 1. The Morgan fingerprint density at radius 3 is 2.91 bits per heavy atom. The molecule has 0 heterocycles. The predicted molar refractivity (Wildman–Crippen MR) is 47.8 cm³/mol. The third-order valence-corrected chi connectivity index (χ3v) is 2.57. The van der Waals surface area contributed by atoms with Crippen LogP contribution < -0.4 is 0 Å². The van der Waals surface area contributed by atoms with Gasteiger partial charge in [-0.05, 0) is 24.0 Å². The molecular weight excluding hydrogens is 183 g/mol. The highest BCUT2D eigenvalue weighted by atomic mass is 35.5. The van der Waals surface area contributed by atoms with E-state index in [-0.39, 0.29) is 5.82 Å². The van der Waals surface area contributed by atoms with E-state index in [4.69, 9.17) is 11.6 Å². The molecule has 0 aliphatic heterocycles. The van der Waals surface area contributed by atoms with Crippen molar-refractivity contribution >= 4 is 23.4 Å². The zero-order valence-corrected chi connectivity index (χ0v) is 7.68. The lowest BCUT2D eigenvalue weighted by Gasteiger charge is -2.00. The summed E-state index contributed by atoms with van der Waals surface area (Å²) in [5.74, 6) is 0.675. The number of halogens is 2. The molecule has 0 saturated heterocycles. The average Bonchev–Trinajstić information content (AvgIpc) is 1.98. The van der Waals surface area contributed by atoms with Crippen LogP contribution in [0, 0.1) is 5.82 Å². The quantitative estimate of drug-likeness (QED) is 0.643. The Kier molecular flexibility index (Phi) is 3.21. The zero-order chi connectivity index (χ0) is 8.27. The van der Waals surface area contributed by atoms with Crippen molar-refractivity contribution in [2.75, 3.05) is 5.75 Å². The van der Waals surface area contributed by atoms with E-state index in [1.54, 1.807) is 17.8 Å². The van der Waals surface area contributed by atoms with E-state index in [1.807, 2.05) is 6.92 Å². The maximum Gasteiger partial charge on any atom is 0.124 e. The summed E-state index contributed by atoms with van der Waals surface area (Å²) in [7, 11) is 0. The molecule has 0 aromatic heterocycles. The molecule has 0 radical (unpaired) electrons. The Balaban J connectivity index is 2.93. The van der Waals surface area contributed by atoms with Crippen molar-refractivity contribution in [3.63, 3.8) is 0 Å². The highest BCUT2D eigenvalue weighted by Gasteiger charge is 2.00. The topological polar surface area (TPSA) is 0 Å². The maximum absolute atomic E-state index is 12.6. The summed E-state index contributed by atoms with van der Waals surface area (Å²) in [6.45, 7) is 2.01. The van der Waals surface area contributed by atoms with Gasteiger partial charge in [0.25, 0.3) is 0 Å². The number of rotatable bonds is 2. The molecule has 0 aliphatic carbocycles. The minimum Gasteiger partial charge on any atom is -0.207 e. The molecule has 1 aromatic carbocycles. The van der Waals surface area contributed by atoms with Crippen LogP contribution in [0.5, 0.6) is 0 Å². The second-order valence-corrected chi connectivity index (χ2v) is 3.72. The summed E-state index contributed by atoms with van der Waals surface area (Å²) in [5, 5.41) is 0.623. The Bertz CT molecular complexity index is 250. The predicted octanol–water partition coefficient (Wildman–Crippen LogP) is 3.59. The van der Waals surface area contributed by atoms with Crippen LogP contribution in [0.3, 0.4) is 0 Å². The van der Waals surface area contributed by atoms with Gasteiger partial charge in [-0.25, -0.2) is 4.39 Å². The molecule has 0 unspecified atom stereocenters. The third-order valence-electron chi connectivity index (χ3n) is 1.19. The van der Waals surface area contributed by atoms with E-state index in [9.17, 15) is 4.39 Å². The van der Waals surface area contributed by atoms with Gasteiger partial charge in [0.05, 0.1) is 5.02 Å². The third kappa shape index (κ3) is 2.38. The second kappa shape index (κ2) is 3.98. The van der Waals surface area contributed by atoms with Gasteiger partial charge >= 0.3 is 0 Å². The van der Waals surface area contributed by atoms with Crippen molar-refractivity contribution in [2.24, 2.45) is 0 Å². The normalized spacial score (nSPS) is 10.1. The molecule has 0 atom stereocenters. The van der Waals surface area contributed by atoms with E-state index >= 15 is 0 Å². The van der Waals surface area contributed by atoms with Crippen LogP contribution in [0.1, 0.15) is 6.92 Å². The molecule has 0 bridgehead atoms. The first-order chi connectivity index (χ1) is 5.24. The van der Waals surface area contributed by atoms with Gasteiger partial charge < -0.3 is 0 Å². The van der Waals surface area contributed by atoms with E-state index in [1.165, 1.54) is 12.1 Å². The van der Waals surface area contributed by atoms with Crippen LogP contribution >= 0.6 is 23.4 Å². The lowest BCUT2D eigenvalue weighted by atomic mass is 10.3. The summed E-state index contributed by atoms with van der Waals surface area (Å²) in [6.07, 6.45) is 0. The molecule has 60 valence electrons. The number of hydrogen-bond donors (Lipinski definition) is 0. The van der Waals surface area contributed by atoms with Gasteiger partial charge in [0.2, 0.25) is 0 Å². The van der Waals surface area contributed by atoms with Crippen molar-refractivity contribution in [1.82, 2.24) is 0 Å². The first kappa shape index (κ1) is 8.88. The monoisotopic (exact) mass is 190 g/mol. The van der Waals surface area contributed by atoms with E-state index in [2.05, 4.69) is 0 Å². The molecule has 0 N–H and O–H groups in total. The van der Waals surface area contributed by atoms with Crippen LogP contribution in [0.2, 0.25) is 5.02 Å². The maximum atomic E-state index is 12.6. The van der Waals surface area contributed by atoms with Crippen molar-refractivity contribution in [3.8, 4) is 0 Å². The van der Waals surface area contributed by atoms with Gasteiger partial charge in [-0.1, -0.05) is 18.5 Å². The number of benzene rings is 1. The Hall–Kier alpha value is -0.210. The summed E-state index contributed by atoms with van der Waals surface area (Å²) >= 11 is 7.33. The molecule has 1 rings (SSSR count). The smallest absolute Gasteiger partial charge is 0.124 e. The van der Waals surface area contributed by atoms with Crippen LogP contribution in [0.4, 0.5) is 4.39 Å². The fraction of sp³-hybridized carbons (Fsp3) is 0.250. The van der Waals surface area contributed by atoms with Crippen LogP contribution in [0.25, 0.3) is 0 Å². The highest BCUT2D eigenvalue weighted by Crippen LogP contribution is 2.27. The van der Waals surface area contributed by atoms with Crippen molar-refractivity contribution in [1.29, 1.82) is 0 Å². The largest absolute Gasteiger partial charge is 0.207 e. The van der Waals surface area contributed by atoms with Crippen LogP contribution in [-0.2, 0) is 0 Å². The molecule has 0 nitrogen and oxygen atoms in total. The first-order valence-electron chi connectivity index (χ1n) is 3.32. The lowest BCUT2D eigenvalue weighted by molar-refractivity contribution is 0.624. The Morgan fingerprint density at radius 2 is 2.27 bits per heavy atom. The standard InChI is InChI=1S/C8H8ClFS/c1-2-11-8-5-6(10)3-4-7(8)9/h3-5H,2H2,1H3. The lowest BCUT2D eigenvalue weighted by Crippen LogP contribution is -1.78. The molecular formula is C8H8ClFS. The first-order valence-corrected chi connectivity index (χ1v) is 4.68. The summed E-state index contributed by atoms with van der Waals surface area (Å²) in [6, 6.07) is 4.40. The number of thioether (sulfide) groups is 1. The Labute approximate surface area is 74.8 Å². The minimum atomic E-state index is -0.231. The van der Waals surface area contributed by atoms with Gasteiger partial charge in [-0.3, -0.25) is 0 Å². The molecule has 11 heavy (non-hydrogen) atoms. The highest BCUT2D eigenvalue weighted by molar-refractivity contribution is 7.99. The van der Waals surface area contributed by atoms with Crippen LogP contribution in [-0.4, -0.2) is 5.75 Å². The van der Waals surface area contributed by atoms with Gasteiger partial charge in [-0.2, -0.15) is 0 Å². The molecule has 3 heteroatoms. The molecule has 1 aromatic rings. The van der Waals surface area contributed by atoms with Crippen LogP contribution in [0.15, 0.2) is 23.1 Å². The minimum absolute atomic E-state index is 0.231. The van der Waals surface area contributed by atoms with Gasteiger partial charge in [0, 0.05) is 4.90 Å². The summed E-state index contributed by atoms with van der Waals surface area (Å²) in [5.41, 5.74) is 0. The van der Waals surface area contributed by atoms with E-state index in [0.717, 1.165) is 10.6 Å². The zero-order valence-electron chi connectivity index (χ0n) is 6.10. The molecule has 0 amide bonds. The van der Waals surface area contributed by atoms with Crippen molar-refractivity contribution < 1.29 is 4.39 Å². The van der Waals surface area contributed by atoms with Gasteiger partial charge in [0.1, 0.15) is 5.82 Å². The Morgan fingerprint density at radius 1 is 1.55 bits per heavy atom.